The minimum atomic E-state index is 0.889. The number of rotatable bonds is 4. The summed E-state index contributed by atoms with van der Waals surface area (Å²) >= 11 is 0. The highest BCUT2D eigenvalue weighted by atomic mass is 16.3. The quantitative estimate of drug-likeness (QED) is 0.168. The van der Waals surface area contributed by atoms with Gasteiger partial charge in [0.2, 0.25) is 0 Å². The molecule has 0 bridgehead atoms. The maximum Gasteiger partial charge on any atom is 0.136 e. The molecule has 0 aliphatic rings. The predicted molar refractivity (Wildman–Crippen MR) is 230 cm³/mol. The molecule has 252 valence electrons. The summed E-state index contributed by atoms with van der Waals surface area (Å²) in [6, 6.07) is 68.5. The zero-order valence-electron chi connectivity index (χ0n) is 29.8. The van der Waals surface area contributed by atoms with Crippen LogP contribution in [0.15, 0.2) is 192 Å². The third-order valence-electron chi connectivity index (χ3n) is 11.3. The number of hydrogen-bond acceptors (Lipinski definition) is 1. The molecule has 0 fully saturated rings. The number of hydrogen-bond donors (Lipinski definition) is 0. The summed E-state index contributed by atoms with van der Waals surface area (Å²) < 4.78 is 6.82. The highest BCUT2D eigenvalue weighted by Crippen LogP contribution is 2.48. The van der Waals surface area contributed by atoms with Crippen LogP contribution in [0.2, 0.25) is 0 Å². The molecule has 0 saturated heterocycles. The smallest absolute Gasteiger partial charge is 0.136 e. The Hall–Kier alpha value is -6.96. The SMILES string of the molecule is Cc1ccc(-c2c3ccccc3c(-c3cccc4oc5cc(-c6c7ccccc7c(-c7ccccc7)c7ccccc67)ccc5c34)c3ccccc23)cc1. The van der Waals surface area contributed by atoms with Gasteiger partial charge < -0.3 is 4.42 Å². The van der Waals surface area contributed by atoms with E-state index >= 15 is 0 Å². The standard InChI is InChI=1S/C53H34O/c1-33-26-28-35(29-27-33)50-41-20-9-11-22-43(41)52(44-23-12-10-21-42(44)50)46-24-13-25-47-53(46)45-31-30-36(32-48(45)54-47)51-39-18-7-5-16-37(39)49(34-14-3-2-4-15-34)38-17-6-8-19-40(38)51/h2-32H,1H3. The van der Waals surface area contributed by atoms with Crippen LogP contribution in [0.4, 0.5) is 0 Å². The van der Waals surface area contributed by atoms with Crippen LogP contribution < -0.4 is 0 Å². The number of aryl methyl sites for hydroxylation is 1. The first-order chi connectivity index (χ1) is 26.7. The molecule has 0 aliphatic carbocycles. The molecule has 11 aromatic rings. The van der Waals surface area contributed by atoms with Crippen LogP contribution in [-0.4, -0.2) is 0 Å². The van der Waals surface area contributed by atoms with Crippen LogP contribution in [0.5, 0.6) is 0 Å². The average Bonchev–Trinajstić information content (AvgIpc) is 3.61. The molecule has 0 unspecified atom stereocenters. The zero-order chi connectivity index (χ0) is 35.8. The van der Waals surface area contributed by atoms with Crippen molar-refractivity contribution in [2.45, 2.75) is 6.92 Å². The first-order valence-corrected chi connectivity index (χ1v) is 18.7. The summed E-state index contributed by atoms with van der Waals surface area (Å²) in [5, 5.41) is 12.2. The van der Waals surface area contributed by atoms with Crippen LogP contribution in [0.25, 0.3) is 110 Å². The van der Waals surface area contributed by atoms with Crippen molar-refractivity contribution < 1.29 is 4.42 Å². The molecule has 54 heavy (non-hydrogen) atoms. The second kappa shape index (κ2) is 12.0. The van der Waals surface area contributed by atoms with Gasteiger partial charge in [0, 0.05) is 10.8 Å². The lowest BCUT2D eigenvalue weighted by Gasteiger charge is -2.18. The van der Waals surface area contributed by atoms with E-state index in [0.717, 1.165) is 27.5 Å². The van der Waals surface area contributed by atoms with E-state index in [9.17, 15) is 0 Å². The molecule has 1 nitrogen and oxygen atoms in total. The molecule has 0 spiro atoms. The number of benzene rings is 10. The van der Waals surface area contributed by atoms with Gasteiger partial charge in [0.05, 0.1) is 0 Å². The fourth-order valence-electron chi connectivity index (χ4n) is 8.99. The summed E-state index contributed by atoms with van der Waals surface area (Å²) in [4.78, 5) is 0. The maximum atomic E-state index is 6.82. The summed E-state index contributed by atoms with van der Waals surface area (Å²) in [6.07, 6.45) is 0. The van der Waals surface area contributed by atoms with Gasteiger partial charge in [0.25, 0.3) is 0 Å². The van der Waals surface area contributed by atoms with E-state index in [1.807, 2.05) is 0 Å². The Labute approximate surface area is 313 Å². The molecular formula is C53H34O. The van der Waals surface area contributed by atoms with E-state index in [-0.39, 0.29) is 0 Å². The van der Waals surface area contributed by atoms with Gasteiger partial charge in [-0.15, -0.1) is 0 Å². The monoisotopic (exact) mass is 686 g/mol. The molecule has 11 rings (SSSR count). The number of furan rings is 1. The summed E-state index contributed by atoms with van der Waals surface area (Å²) in [6.45, 7) is 2.15. The molecule has 0 aliphatic heterocycles. The fourth-order valence-corrected chi connectivity index (χ4v) is 8.99. The molecular weight excluding hydrogens is 653 g/mol. The Morgan fingerprint density at radius 1 is 0.296 bits per heavy atom. The summed E-state index contributed by atoms with van der Waals surface area (Å²) in [7, 11) is 0. The van der Waals surface area contributed by atoms with Crippen molar-refractivity contribution in [1.29, 1.82) is 0 Å². The highest BCUT2D eigenvalue weighted by Gasteiger charge is 2.22. The van der Waals surface area contributed by atoms with Gasteiger partial charge in [-0.25, -0.2) is 0 Å². The van der Waals surface area contributed by atoms with Crippen molar-refractivity contribution in [2.24, 2.45) is 0 Å². The Kier molecular flexibility index (Phi) is 6.84. The van der Waals surface area contributed by atoms with Crippen molar-refractivity contribution in [3.63, 3.8) is 0 Å². The van der Waals surface area contributed by atoms with Crippen molar-refractivity contribution >= 4 is 65.0 Å². The van der Waals surface area contributed by atoms with Gasteiger partial charge in [-0.2, -0.15) is 0 Å². The van der Waals surface area contributed by atoms with Crippen LogP contribution >= 0.6 is 0 Å². The van der Waals surface area contributed by atoms with Crippen molar-refractivity contribution in [1.82, 2.24) is 0 Å². The van der Waals surface area contributed by atoms with E-state index in [0.29, 0.717) is 0 Å². The van der Waals surface area contributed by atoms with Gasteiger partial charge in [-0.1, -0.05) is 175 Å². The van der Waals surface area contributed by atoms with Gasteiger partial charge in [-0.3, -0.25) is 0 Å². The third-order valence-corrected chi connectivity index (χ3v) is 11.3. The molecule has 1 heteroatoms. The van der Waals surface area contributed by atoms with Gasteiger partial charge in [0.1, 0.15) is 11.2 Å². The lowest BCUT2D eigenvalue weighted by Crippen LogP contribution is -1.91. The Balaban J connectivity index is 1.17. The predicted octanol–water partition coefficient (Wildman–Crippen LogP) is 15.2. The van der Waals surface area contributed by atoms with E-state index in [2.05, 4.69) is 195 Å². The van der Waals surface area contributed by atoms with Crippen LogP contribution in [-0.2, 0) is 0 Å². The van der Waals surface area contributed by atoms with Gasteiger partial charge in [-0.05, 0) is 113 Å². The zero-order valence-corrected chi connectivity index (χ0v) is 29.8. The molecule has 1 heterocycles. The lowest BCUT2D eigenvalue weighted by atomic mass is 9.84. The van der Waals surface area contributed by atoms with E-state index in [1.165, 1.54) is 87.6 Å². The first kappa shape index (κ1) is 30.6. The van der Waals surface area contributed by atoms with E-state index in [1.54, 1.807) is 0 Å². The van der Waals surface area contributed by atoms with Crippen LogP contribution in [0.3, 0.4) is 0 Å². The van der Waals surface area contributed by atoms with Crippen molar-refractivity contribution in [2.75, 3.05) is 0 Å². The lowest BCUT2D eigenvalue weighted by molar-refractivity contribution is 0.669. The third kappa shape index (κ3) is 4.58. The Bertz CT molecular complexity index is 3140. The second-order valence-corrected chi connectivity index (χ2v) is 14.4. The molecule has 0 amide bonds. The maximum absolute atomic E-state index is 6.82. The fraction of sp³-hybridized carbons (Fsp3) is 0.0189. The van der Waals surface area contributed by atoms with E-state index in [4.69, 9.17) is 4.42 Å². The minimum absolute atomic E-state index is 0.889. The normalized spacial score (nSPS) is 11.8. The van der Waals surface area contributed by atoms with Crippen LogP contribution in [0.1, 0.15) is 5.56 Å². The molecule has 0 N–H and O–H groups in total. The molecule has 0 atom stereocenters. The Morgan fingerprint density at radius 2 is 0.722 bits per heavy atom. The molecule has 1 aromatic heterocycles. The summed E-state index contributed by atoms with van der Waals surface area (Å²) in [5.74, 6) is 0. The van der Waals surface area contributed by atoms with Crippen molar-refractivity contribution in [3.05, 3.63) is 194 Å². The van der Waals surface area contributed by atoms with Crippen molar-refractivity contribution in [3.8, 4) is 44.5 Å². The van der Waals surface area contributed by atoms with Gasteiger partial charge in [0.15, 0.2) is 0 Å². The van der Waals surface area contributed by atoms with Crippen LogP contribution in [0, 0.1) is 6.92 Å². The van der Waals surface area contributed by atoms with E-state index < -0.39 is 0 Å². The largest absolute Gasteiger partial charge is 0.456 e. The molecule has 0 saturated carbocycles. The minimum Gasteiger partial charge on any atom is -0.456 e. The highest BCUT2D eigenvalue weighted by molar-refractivity contribution is 6.26. The molecule has 0 radical (unpaired) electrons. The second-order valence-electron chi connectivity index (χ2n) is 14.4. The van der Waals surface area contributed by atoms with Gasteiger partial charge >= 0.3 is 0 Å². The molecule has 10 aromatic carbocycles. The Morgan fingerprint density at radius 3 is 1.24 bits per heavy atom. The average molecular weight is 687 g/mol. The topological polar surface area (TPSA) is 13.1 Å². The first-order valence-electron chi connectivity index (χ1n) is 18.7. The number of fused-ring (bicyclic) bond motifs is 7. The summed E-state index contributed by atoms with van der Waals surface area (Å²) in [5.41, 5.74) is 12.8.